The minimum absolute atomic E-state index is 0.0217. The summed E-state index contributed by atoms with van der Waals surface area (Å²) < 4.78 is 18.3. The third-order valence-corrected chi connectivity index (χ3v) is 3.58. The average Bonchev–Trinajstić information content (AvgIpc) is 2.46. The standard InChI is InChI=1S/C16H25FN2O3/c1-10(2)14(7-8-20)19-16(21)18-11(3)12-5-6-13(17)15(9-12)22-4/h5-6,9-11,14,20H,7-8H2,1-4H3,(H2,18,19,21). The second kappa shape index (κ2) is 8.58. The summed E-state index contributed by atoms with van der Waals surface area (Å²) in [7, 11) is 1.40. The van der Waals surface area contributed by atoms with E-state index >= 15 is 0 Å². The third kappa shape index (κ3) is 5.18. The van der Waals surface area contributed by atoms with Gasteiger partial charge >= 0.3 is 6.03 Å². The van der Waals surface area contributed by atoms with Gasteiger partial charge in [0.05, 0.1) is 13.2 Å². The Morgan fingerprint density at radius 2 is 2.00 bits per heavy atom. The molecule has 6 heteroatoms. The summed E-state index contributed by atoms with van der Waals surface area (Å²) in [6.45, 7) is 5.79. The van der Waals surface area contributed by atoms with Crippen LogP contribution in [0, 0.1) is 11.7 Å². The zero-order chi connectivity index (χ0) is 16.7. The summed E-state index contributed by atoms with van der Waals surface area (Å²) >= 11 is 0. The van der Waals surface area contributed by atoms with E-state index in [-0.39, 0.29) is 36.4 Å². The number of benzene rings is 1. The Kier molecular flexibility index (Phi) is 7.11. The van der Waals surface area contributed by atoms with Gasteiger partial charge in [0.2, 0.25) is 0 Å². The van der Waals surface area contributed by atoms with Gasteiger partial charge in [-0.1, -0.05) is 19.9 Å². The Morgan fingerprint density at radius 1 is 1.32 bits per heavy atom. The number of amides is 2. The van der Waals surface area contributed by atoms with E-state index in [0.29, 0.717) is 6.42 Å². The summed E-state index contributed by atoms with van der Waals surface area (Å²) in [6.07, 6.45) is 0.504. The van der Waals surface area contributed by atoms with Crippen LogP contribution in [0.15, 0.2) is 18.2 Å². The molecular weight excluding hydrogens is 287 g/mol. The number of hydrogen-bond donors (Lipinski definition) is 3. The number of nitrogens with one attached hydrogen (secondary N) is 2. The largest absolute Gasteiger partial charge is 0.494 e. The van der Waals surface area contributed by atoms with Gasteiger partial charge in [0, 0.05) is 12.6 Å². The molecule has 1 aromatic rings. The number of urea groups is 1. The molecule has 2 amide bonds. The molecule has 1 rings (SSSR count). The Morgan fingerprint density at radius 3 is 2.55 bits per heavy atom. The number of carbonyl (C=O) groups is 1. The minimum atomic E-state index is -0.439. The van der Waals surface area contributed by atoms with Crippen molar-refractivity contribution < 1.29 is 19.0 Å². The zero-order valence-electron chi connectivity index (χ0n) is 13.5. The summed E-state index contributed by atoms with van der Waals surface area (Å²) in [5.41, 5.74) is 0.747. The molecular formula is C16H25FN2O3. The van der Waals surface area contributed by atoms with E-state index in [9.17, 15) is 9.18 Å². The predicted molar refractivity (Wildman–Crippen MR) is 83.4 cm³/mol. The molecule has 22 heavy (non-hydrogen) atoms. The van der Waals surface area contributed by atoms with Crippen LogP contribution in [-0.4, -0.2) is 30.9 Å². The number of methoxy groups -OCH3 is 1. The van der Waals surface area contributed by atoms with E-state index in [1.165, 1.54) is 13.2 Å². The first kappa shape index (κ1) is 18.2. The molecule has 0 aliphatic rings. The molecule has 3 N–H and O–H groups in total. The minimum Gasteiger partial charge on any atom is -0.494 e. The second-order valence-corrected chi connectivity index (χ2v) is 5.60. The van der Waals surface area contributed by atoms with Crippen LogP contribution in [0.25, 0.3) is 0 Å². The highest BCUT2D eigenvalue weighted by atomic mass is 19.1. The molecule has 0 fully saturated rings. The SMILES string of the molecule is COc1cc(C(C)NC(=O)NC(CCO)C(C)C)ccc1F. The van der Waals surface area contributed by atoms with Crippen LogP contribution in [0.1, 0.15) is 38.8 Å². The molecule has 0 radical (unpaired) electrons. The van der Waals surface area contributed by atoms with Crippen LogP contribution in [0.5, 0.6) is 5.75 Å². The quantitative estimate of drug-likeness (QED) is 0.725. The van der Waals surface area contributed by atoms with Crippen LogP contribution in [-0.2, 0) is 0 Å². The number of carbonyl (C=O) groups excluding carboxylic acids is 1. The van der Waals surface area contributed by atoms with E-state index in [2.05, 4.69) is 10.6 Å². The lowest BCUT2D eigenvalue weighted by Gasteiger charge is -2.23. The molecule has 2 atom stereocenters. The maximum Gasteiger partial charge on any atom is 0.315 e. The fraction of sp³-hybridized carbons (Fsp3) is 0.562. The van der Waals surface area contributed by atoms with Crippen LogP contribution < -0.4 is 15.4 Å². The molecule has 124 valence electrons. The highest BCUT2D eigenvalue weighted by molar-refractivity contribution is 5.74. The van der Waals surface area contributed by atoms with Gasteiger partial charge < -0.3 is 20.5 Å². The third-order valence-electron chi connectivity index (χ3n) is 3.58. The Labute approximate surface area is 130 Å². The summed E-state index contributed by atoms with van der Waals surface area (Å²) in [5, 5.41) is 14.7. The predicted octanol–water partition coefficient (Wildman–Crippen LogP) is 2.60. The van der Waals surface area contributed by atoms with Crippen molar-refractivity contribution in [3.05, 3.63) is 29.6 Å². The second-order valence-electron chi connectivity index (χ2n) is 5.60. The Balaban J connectivity index is 2.67. The van der Waals surface area contributed by atoms with Crippen molar-refractivity contribution in [3.63, 3.8) is 0 Å². The van der Waals surface area contributed by atoms with Crippen molar-refractivity contribution in [2.45, 2.75) is 39.3 Å². The molecule has 0 saturated carbocycles. The lowest BCUT2D eigenvalue weighted by Crippen LogP contribution is -2.45. The van der Waals surface area contributed by atoms with Crippen molar-refractivity contribution >= 4 is 6.03 Å². The Bertz CT molecular complexity index is 494. The van der Waals surface area contributed by atoms with Crippen LogP contribution >= 0.6 is 0 Å². The number of hydrogen-bond acceptors (Lipinski definition) is 3. The molecule has 5 nitrogen and oxygen atoms in total. The van der Waals surface area contributed by atoms with Gasteiger partial charge in [-0.3, -0.25) is 0 Å². The molecule has 0 aliphatic heterocycles. The molecule has 2 unspecified atom stereocenters. The number of rotatable bonds is 7. The first-order chi connectivity index (χ1) is 10.4. The fourth-order valence-corrected chi connectivity index (χ4v) is 2.15. The molecule has 0 bridgehead atoms. The van der Waals surface area contributed by atoms with Crippen molar-refractivity contribution in [1.29, 1.82) is 0 Å². The average molecular weight is 312 g/mol. The van der Waals surface area contributed by atoms with Gasteiger partial charge in [0.25, 0.3) is 0 Å². The van der Waals surface area contributed by atoms with Crippen molar-refractivity contribution in [2.24, 2.45) is 5.92 Å². The number of aliphatic hydroxyl groups excluding tert-OH is 1. The fourth-order valence-electron chi connectivity index (χ4n) is 2.15. The van der Waals surface area contributed by atoms with E-state index in [1.807, 2.05) is 20.8 Å². The topological polar surface area (TPSA) is 70.6 Å². The lowest BCUT2D eigenvalue weighted by atomic mass is 10.0. The highest BCUT2D eigenvalue weighted by Gasteiger charge is 2.17. The van der Waals surface area contributed by atoms with Gasteiger partial charge in [-0.05, 0) is 37.0 Å². The molecule has 1 aromatic carbocycles. The summed E-state index contributed by atoms with van der Waals surface area (Å²) in [4.78, 5) is 12.0. The number of ether oxygens (including phenoxy) is 1. The molecule has 0 aromatic heterocycles. The lowest BCUT2D eigenvalue weighted by molar-refractivity contribution is 0.216. The van der Waals surface area contributed by atoms with Gasteiger partial charge in [0.1, 0.15) is 0 Å². The van der Waals surface area contributed by atoms with Gasteiger partial charge in [-0.15, -0.1) is 0 Å². The number of aliphatic hydroxyl groups is 1. The normalized spacial score (nSPS) is 13.6. The first-order valence-electron chi connectivity index (χ1n) is 7.40. The van der Waals surface area contributed by atoms with E-state index in [4.69, 9.17) is 9.84 Å². The molecule has 0 spiro atoms. The van der Waals surface area contributed by atoms with Crippen LogP contribution in [0.2, 0.25) is 0 Å². The van der Waals surface area contributed by atoms with E-state index in [1.54, 1.807) is 12.1 Å². The number of halogens is 1. The van der Waals surface area contributed by atoms with Crippen molar-refractivity contribution in [1.82, 2.24) is 10.6 Å². The van der Waals surface area contributed by atoms with E-state index in [0.717, 1.165) is 5.56 Å². The van der Waals surface area contributed by atoms with Gasteiger partial charge in [-0.25, -0.2) is 9.18 Å². The summed E-state index contributed by atoms with van der Waals surface area (Å²) in [6, 6.07) is 3.77. The maximum absolute atomic E-state index is 13.4. The smallest absolute Gasteiger partial charge is 0.315 e. The maximum atomic E-state index is 13.4. The van der Waals surface area contributed by atoms with Crippen molar-refractivity contribution in [3.8, 4) is 5.75 Å². The van der Waals surface area contributed by atoms with Gasteiger partial charge in [-0.2, -0.15) is 0 Å². The molecule has 0 saturated heterocycles. The molecule has 0 aliphatic carbocycles. The van der Waals surface area contributed by atoms with Crippen LogP contribution in [0.3, 0.4) is 0 Å². The van der Waals surface area contributed by atoms with Gasteiger partial charge in [0.15, 0.2) is 11.6 Å². The highest BCUT2D eigenvalue weighted by Crippen LogP contribution is 2.22. The van der Waals surface area contributed by atoms with Crippen molar-refractivity contribution in [2.75, 3.05) is 13.7 Å². The van der Waals surface area contributed by atoms with Crippen LogP contribution in [0.4, 0.5) is 9.18 Å². The Hall–Kier alpha value is -1.82. The first-order valence-corrected chi connectivity index (χ1v) is 7.40. The molecule has 0 heterocycles. The monoisotopic (exact) mass is 312 g/mol. The summed E-state index contributed by atoms with van der Waals surface area (Å²) in [5.74, 6) is -0.0725. The zero-order valence-corrected chi connectivity index (χ0v) is 13.5. The van der Waals surface area contributed by atoms with E-state index < -0.39 is 5.82 Å².